The van der Waals surface area contributed by atoms with E-state index >= 15 is 0 Å². The first-order chi connectivity index (χ1) is 10.7. The first-order valence-electron chi connectivity index (χ1n) is 7.82. The molecule has 2 aromatic carbocycles. The molecule has 0 radical (unpaired) electrons. The maximum atomic E-state index is 4.97. The van der Waals surface area contributed by atoms with E-state index in [9.17, 15) is 0 Å². The zero-order chi connectivity index (χ0) is 15.7. The Bertz CT molecular complexity index is 825. The second-order valence-corrected chi connectivity index (χ2v) is 9.35. The molecule has 2 aromatic rings. The topological polar surface area (TPSA) is 15.6 Å². The minimum absolute atomic E-state index is 0.0668. The number of fused-ring (bicyclic) bond motifs is 2. The monoisotopic (exact) mass is 424 g/mol. The van der Waals surface area contributed by atoms with Crippen molar-refractivity contribution in [2.24, 2.45) is 4.99 Å². The van der Waals surface area contributed by atoms with E-state index in [0.29, 0.717) is 0 Å². The summed E-state index contributed by atoms with van der Waals surface area (Å²) in [5.41, 5.74) is 3.90. The fraction of sp³-hybridized carbons (Fsp3) is 0.333. The standard InChI is InChI=1S/C18H21IN2S/c1-4-13-11-14(21(5-2)6-3)12-17-18(13)20-15-9-7-8-10-16(15)22(17)19/h7-12H,4-6H2,1-3H3. The number of nitrogens with zero attached hydrogens (tertiary/aromatic N) is 2. The number of benzene rings is 2. The maximum absolute atomic E-state index is 4.97. The molecule has 0 aromatic heterocycles. The second-order valence-electron chi connectivity index (χ2n) is 5.31. The Kier molecular flexibility index (Phi) is 4.88. The van der Waals surface area contributed by atoms with Gasteiger partial charge in [0.15, 0.2) is 0 Å². The fourth-order valence-corrected chi connectivity index (χ4v) is 6.32. The number of para-hydroxylation sites is 1. The zero-order valence-electron chi connectivity index (χ0n) is 13.3. The van der Waals surface area contributed by atoms with Gasteiger partial charge in [0.05, 0.1) is 11.0 Å². The van der Waals surface area contributed by atoms with E-state index in [1.54, 1.807) is 0 Å². The number of aryl methyl sites for hydroxylation is 1. The highest BCUT2D eigenvalue weighted by Gasteiger charge is 2.17. The highest BCUT2D eigenvalue weighted by molar-refractivity contribution is 14.2. The average Bonchev–Trinajstić information content (AvgIpc) is 2.56. The van der Waals surface area contributed by atoms with Gasteiger partial charge >= 0.3 is 0 Å². The van der Waals surface area contributed by atoms with Crippen LogP contribution in [-0.2, 0) is 6.42 Å². The van der Waals surface area contributed by atoms with Gasteiger partial charge in [-0.05, 0) is 71.3 Å². The predicted octanol–water partition coefficient (Wildman–Crippen LogP) is 5.29. The van der Waals surface area contributed by atoms with Crippen molar-refractivity contribution in [3.05, 3.63) is 51.8 Å². The zero-order valence-corrected chi connectivity index (χ0v) is 16.2. The summed E-state index contributed by atoms with van der Waals surface area (Å²) >= 11 is 2.59. The van der Waals surface area contributed by atoms with Crippen LogP contribution in [-0.4, -0.2) is 13.1 Å². The smallest absolute Gasteiger partial charge is 0.0809 e. The third-order valence-corrected chi connectivity index (χ3v) is 8.41. The van der Waals surface area contributed by atoms with Crippen molar-refractivity contribution in [1.82, 2.24) is 0 Å². The van der Waals surface area contributed by atoms with Gasteiger partial charge < -0.3 is 4.90 Å². The molecule has 1 unspecified atom stereocenters. The normalized spacial score (nSPS) is 15.7. The maximum Gasteiger partial charge on any atom is 0.0809 e. The van der Waals surface area contributed by atoms with Gasteiger partial charge in [0.25, 0.3) is 0 Å². The number of hydrogen-bond acceptors (Lipinski definition) is 2. The van der Waals surface area contributed by atoms with Crippen molar-refractivity contribution < 1.29 is 0 Å². The summed E-state index contributed by atoms with van der Waals surface area (Å²) < 4.78 is 1.36. The van der Waals surface area contributed by atoms with E-state index < -0.39 is 0 Å². The van der Waals surface area contributed by atoms with Crippen molar-refractivity contribution in [2.45, 2.75) is 32.1 Å². The van der Waals surface area contributed by atoms with Gasteiger partial charge in [0, 0.05) is 28.2 Å². The van der Waals surface area contributed by atoms with Crippen LogP contribution in [0.1, 0.15) is 26.3 Å². The Labute approximate surface area is 146 Å². The van der Waals surface area contributed by atoms with Crippen LogP contribution in [0.3, 0.4) is 0 Å². The SMILES string of the molecule is CCc1cc(N(CC)CC)cc2c1N=c1ccccc1=S2I. The largest absolute Gasteiger partial charge is 0.372 e. The number of halogens is 1. The van der Waals surface area contributed by atoms with Crippen molar-refractivity contribution in [3.63, 3.8) is 0 Å². The molecule has 1 atom stereocenters. The Morgan fingerprint density at radius 2 is 1.82 bits per heavy atom. The molecule has 2 nitrogen and oxygen atoms in total. The van der Waals surface area contributed by atoms with Crippen LogP contribution in [0.4, 0.5) is 11.4 Å². The molecular weight excluding hydrogens is 403 g/mol. The lowest BCUT2D eigenvalue weighted by Gasteiger charge is -2.24. The van der Waals surface area contributed by atoms with E-state index in [2.05, 4.69) is 83.3 Å². The Balaban J connectivity index is 2.29. The highest BCUT2D eigenvalue weighted by atomic mass is 127. The first kappa shape index (κ1) is 16.0. The van der Waals surface area contributed by atoms with Crippen molar-refractivity contribution in [3.8, 4) is 0 Å². The molecule has 0 saturated heterocycles. The fourth-order valence-electron chi connectivity index (χ4n) is 2.89. The molecule has 0 aliphatic carbocycles. The summed E-state index contributed by atoms with van der Waals surface area (Å²) in [5.74, 6) is 0. The molecule has 22 heavy (non-hydrogen) atoms. The molecule has 1 aliphatic rings. The molecule has 0 amide bonds. The van der Waals surface area contributed by atoms with Gasteiger partial charge in [0.2, 0.25) is 0 Å². The molecule has 0 saturated carbocycles. The van der Waals surface area contributed by atoms with Gasteiger partial charge in [-0.1, -0.05) is 26.7 Å². The van der Waals surface area contributed by atoms with Crippen molar-refractivity contribution >= 4 is 40.2 Å². The molecule has 0 N–H and O–H groups in total. The number of rotatable bonds is 4. The lowest BCUT2D eigenvalue weighted by molar-refractivity contribution is 0.862. The molecule has 1 heterocycles. The van der Waals surface area contributed by atoms with E-state index in [-0.39, 0.29) is 7.66 Å². The Hall–Kier alpha value is -0.880. The molecule has 116 valence electrons. The van der Waals surface area contributed by atoms with Crippen LogP contribution in [0.2, 0.25) is 0 Å². The number of anilines is 1. The molecule has 0 spiro atoms. The number of hydrogen-bond donors (Lipinski definition) is 0. The van der Waals surface area contributed by atoms with Crippen LogP contribution in [0, 0.1) is 4.51 Å². The van der Waals surface area contributed by atoms with Crippen LogP contribution in [0.5, 0.6) is 0 Å². The van der Waals surface area contributed by atoms with Crippen LogP contribution >= 0.6 is 28.9 Å². The average molecular weight is 424 g/mol. The first-order valence-corrected chi connectivity index (χ1v) is 11.6. The summed E-state index contributed by atoms with van der Waals surface area (Å²) in [7, 11) is 0.0668. The van der Waals surface area contributed by atoms with E-state index in [4.69, 9.17) is 4.99 Å². The van der Waals surface area contributed by atoms with Crippen molar-refractivity contribution in [1.29, 1.82) is 0 Å². The summed E-state index contributed by atoms with van der Waals surface area (Å²) in [6.07, 6.45) is 1.02. The quantitative estimate of drug-likeness (QED) is 0.481. The second kappa shape index (κ2) is 6.71. The lowest BCUT2D eigenvalue weighted by Crippen LogP contribution is -2.22. The van der Waals surface area contributed by atoms with E-state index in [1.165, 1.54) is 26.3 Å². The van der Waals surface area contributed by atoms with Crippen molar-refractivity contribution in [2.75, 3.05) is 18.0 Å². The van der Waals surface area contributed by atoms with Crippen LogP contribution in [0.25, 0.3) is 0 Å². The van der Waals surface area contributed by atoms with E-state index in [1.807, 2.05) is 0 Å². The summed E-state index contributed by atoms with van der Waals surface area (Å²) in [5, 5.41) is 1.14. The minimum Gasteiger partial charge on any atom is -0.372 e. The van der Waals surface area contributed by atoms with Gasteiger partial charge in [0.1, 0.15) is 0 Å². The van der Waals surface area contributed by atoms with Gasteiger partial charge in [-0.15, -0.1) is 0 Å². The van der Waals surface area contributed by atoms with Gasteiger partial charge in [-0.25, -0.2) is 4.99 Å². The Morgan fingerprint density at radius 3 is 2.50 bits per heavy atom. The molecular formula is C18H21IN2S. The van der Waals surface area contributed by atoms with Gasteiger partial charge in [-0.2, -0.15) is 0 Å². The third kappa shape index (κ3) is 2.71. The third-order valence-electron chi connectivity index (χ3n) is 4.13. The molecule has 4 heteroatoms. The molecule has 1 aliphatic heterocycles. The van der Waals surface area contributed by atoms with Crippen LogP contribution in [0.15, 0.2) is 46.3 Å². The van der Waals surface area contributed by atoms with Gasteiger partial charge in [-0.3, -0.25) is 0 Å². The summed E-state index contributed by atoms with van der Waals surface area (Å²) in [4.78, 5) is 8.78. The lowest BCUT2D eigenvalue weighted by atomic mass is 10.1. The van der Waals surface area contributed by atoms with E-state index in [0.717, 1.165) is 24.9 Å². The molecule has 0 bridgehead atoms. The minimum atomic E-state index is 0.0668. The van der Waals surface area contributed by atoms with Crippen LogP contribution < -0.4 is 10.3 Å². The Morgan fingerprint density at radius 1 is 1.09 bits per heavy atom. The molecule has 0 fully saturated rings. The highest BCUT2D eigenvalue weighted by Crippen LogP contribution is 2.47. The predicted molar refractivity (Wildman–Crippen MR) is 105 cm³/mol. The molecule has 3 rings (SSSR count). The summed E-state index contributed by atoms with van der Waals surface area (Å²) in [6.45, 7) is 8.75. The summed E-state index contributed by atoms with van der Waals surface area (Å²) in [6, 6.07) is 13.2.